The minimum atomic E-state index is -0.667. The van der Waals surface area contributed by atoms with E-state index in [1.54, 1.807) is 0 Å². The van der Waals surface area contributed by atoms with Crippen molar-refractivity contribution in [2.45, 2.75) is 424 Å². The molecule has 0 rings (SSSR count). The van der Waals surface area contributed by atoms with Crippen LogP contribution in [0.3, 0.4) is 0 Å². The van der Waals surface area contributed by atoms with Crippen LogP contribution < -0.4 is 5.32 Å². The molecule has 0 aromatic heterocycles. The maximum absolute atomic E-state index is 12.6. The van der Waals surface area contributed by atoms with Gasteiger partial charge in [-0.05, 0) is 83.5 Å². The van der Waals surface area contributed by atoms with E-state index in [9.17, 15) is 19.8 Å². The zero-order valence-electron chi connectivity index (χ0n) is 55.5. The number of hydrogen-bond donors (Lipinski definition) is 3. The first-order valence-corrected chi connectivity index (χ1v) is 37.2. The zero-order chi connectivity index (χ0) is 59.2. The number of carbonyl (C=O) groups excluding carboxylic acids is 2. The van der Waals surface area contributed by atoms with Crippen LogP contribution in [0, 0.1) is 0 Å². The van der Waals surface area contributed by atoms with Crippen LogP contribution in [0.4, 0.5) is 0 Å². The largest absolute Gasteiger partial charge is 0.466 e. The molecule has 0 aliphatic rings. The minimum Gasteiger partial charge on any atom is -0.466 e. The summed E-state index contributed by atoms with van der Waals surface area (Å²) in [6.07, 6.45) is 92.0. The van der Waals surface area contributed by atoms with Gasteiger partial charge in [0.2, 0.25) is 5.91 Å². The summed E-state index contributed by atoms with van der Waals surface area (Å²) in [5, 5.41) is 23.4. The molecule has 484 valence electrons. The number of amides is 1. The number of esters is 1. The lowest BCUT2D eigenvalue weighted by Gasteiger charge is -2.22. The Balaban J connectivity index is 3.39. The summed E-state index contributed by atoms with van der Waals surface area (Å²) in [5.41, 5.74) is 0. The van der Waals surface area contributed by atoms with Gasteiger partial charge in [0.25, 0.3) is 0 Å². The highest BCUT2D eigenvalue weighted by atomic mass is 16.5. The van der Waals surface area contributed by atoms with Crippen molar-refractivity contribution < 1.29 is 24.5 Å². The normalized spacial score (nSPS) is 12.7. The summed E-state index contributed by atoms with van der Waals surface area (Å²) in [6, 6.07) is -0.544. The molecule has 0 saturated heterocycles. The lowest BCUT2D eigenvalue weighted by Crippen LogP contribution is -2.45. The first-order chi connectivity index (χ1) is 40.5. The van der Waals surface area contributed by atoms with E-state index in [-0.39, 0.29) is 18.5 Å². The second kappa shape index (κ2) is 71.6. The van der Waals surface area contributed by atoms with E-state index in [0.29, 0.717) is 25.9 Å². The predicted octanol–water partition coefficient (Wildman–Crippen LogP) is 24.3. The Bertz CT molecular complexity index is 1330. The van der Waals surface area contributed by atoms with Gasteiger partial charge in [-0.1, -0.05) is 352 Å². The van der Waals surface area contributed by atoms with E-state index >= 15 is 0 Å². The standard InChI is InChI=1S/C76H145NO5/c1-3-5-7-9-11-13-15-17-19-21-22-23-31-34-37-40-44-48-52-56-60-64-68-74(79)73(72-78)77-75(80)69-65-61-57-53-49-45-41-38-35-32-29-27-25-24-26-28-30-33-36-39-43-47-51-55-59-63-67-71-82-76(81)70-66-62-58-54-50-46-42-20-18-16-14-12-10-8-6-4-2/h14,16,20,24-25,42,73-74,78-79H,3-13,15,17-19,21-23,26-41,43-72H2,1-2H3,(H,77,80)/b16-14-,25-24-,42-20-. The molecule has 0 saturated carbocycles. The molecule has 0 bridgehead atoms. The molecule has 2 unspecified atom stereocenters. The van der Waals surface area contributed by atoms with Gasteiger partial charge in [-0.25, -0.2) is 0 Å². The molecule has 82 heavy (non-hydrogen) atoms. The lowest BCUT2D eigenvalue weighted by atomic mass is 10.0. The Hall–Kier alpha value is -1.92. The molecular formula is C76H145NO5. The van der Waals surface area contributed by atoms with Crippen molar-refractivity contribution in [3.05, 3.63) is 36.5 Å². The van der Waals surface area contributed by atoms with Crippen molar-refractivity contribution in [2.24, 2.45) is 0 Å². The highest BCUT2D eigenvalue weighted by Crippen LogP contribution is 2.19. The van der Waals surface area contributed by atoms with E-state index in [1.165, 1.54) is 327 Å². The molecule has 0 aromatic rings. The number of aliphatic hydroxyl groups is 2. The van der Waals surface area contributed by atoms with Crippen molar-refractivity contribution in [1.29, 1.82) is 0 Å². The van der Waals surface area contributed by atoms with Crippen molar-refractivity contribution in [2.75, 3.05) is 13.2 Å². The molecule has 0 aliphatic heterocycles. The number of nitrogens with one attached hydrogen (secondary N) is 1. The molecule has 0 aromatic carbocycles. The van der Waals surface area contributed by atoms with Gasteiger partial charge in [0.05, 0.1) is 25.4 Å². The summed E-state index contributed by atoms with van der Waals surface area (Å²) < 4.78 is 5.49. The fourth-order valence-corrected chi connectivity index (χ4v) is 11.7. The van der Waals surface area contributed by atoms with Crippen LogP contribution >= 0.6 is 0 Å². The van der Waals surface area contributed by atoms with Crippen LogP contribution in [-0.4, -0.2) is 47.4 Å². The number of rotatable bonds is 70. The smallest absolute Gasteiger partial charge is 0.305 e. The van der Waals surface area contributed by atoms with Gasteiger partial charge in [0.1, 0.15) is 0 Å². The third-order valence-corrected chi connectivity index (χ3v) is 17.4. The van der Waals surface area contributed by atoms with Gasteiger partial charge in [-0.3, -0.25) is 9.59 Å². The number of carbonyl (C=O) groups is 2. The molecule has 0 fully saturated rings. The Morgan fingerprint density at radius 2 is 0.610 bits per heavy atom. The summed E-state index contributed by atoms with van der Waals surface area (Å²) >= 11 is 0. The lowest BCUT2D eigenvalue weighted by molar-refractivity contribution is -0.143. The fraction of sp³-hybridized carbons (Fsp3) is 0.895. The van der Waals surface area contributed by atoms with E-state index in [2.05, 4.69) is 55.6 Å². The fourth-order valence-electron chi connectivity index (χ4n) is 11.7. The van der Waals surface area contributed by atoms with Crippen LogP contribution in [0.5, 0.6) is 0 Å². The van der Waals surface area contributed by atoms with Crippen LogP contribution in [0.1, 0.15) is 412 Å². The third-order valence-electron chi connectivity index (χ3n) is 17.4. The summed E-state index contributed by atoms with van der Waals surface area (Å²) in [4.78, 5) is 24.6. The first-order valence-electron chi connectivity index (χ1n) is 37.2. The number of aliphatic hydroxyl groups excluding tert-OH is 2. The van der Waals surface area contributed by atoms with Gasteiger partial charge in [-0.15, -0.1) is 0 Å². The summed E-state index contributed by atoms with van der Waals surface area (Å²) in [7, 11) is 0. The van der Waals surface area contributed by atoms with Gasteiger partial charge in [-0.2, -0.15) is 0 Å². The van der Waals surface area contributed by atoms with Crippen LogP contribution in [0.2, 0.25) is 0 Å². The van der Waals surface area contributed by atoms with Crippen molar-refractivity contribution >= 4 is 11.9 Å². The number of hydrogen-bond acceptors (Lipinski definition) is 5. The third kappa shape index (κ3) is 67.2. The minimum absolute atomic E-state index is 0.00231. The quantitative estimate of drug-likeness (QED) is 0.0320. The molecule has 0 radical (unpaired) electrons. The van der Waals surface area contributed by atoms with Gasteiger partial charge in [0.15, 0.2) is 0 Å². The van der Waals surface area contributed by atoms with Crippen molar-refractivity contribution in [1.82, 2.24) is 5.32 Å². The zero-order valence-corrected chi connectivity index (χ0v) is 55.5. The van der Waals surface area contributed by atoms with Crippen LogP contribution in [0.25, 0.3) is 0 Å². The van der Waals surface area contributed by atoms with Crippen LogP contribution in [-0.2, 0) is 14.3 Å². The molecule has 6 heteroatoms. The Labute approximate surface area is 513 Å². The average molecular weight is 1150 g/mol. The van der Waals surface area contributed by atoms with E-state index in [4.69, 9.17) is 4.74 Å². The maximum atomic E-state index is 12.6. The topological polar surface area (TPSA) is 95.9 Å². The van der Waals surface area contributed by atoms with E-state index in [1.807, 2.05) is 0 Å². The van der Waals surface area contributed by atoms with Gasteiger partial charge < -0.3 is 20.3 Å². The molecule has 0 spiro atoms. The van der Waals surface area contributed by atoms with E-state index in [0.717, 1.165) is 51.4 Å². The number of unbranched alkanes of at least 4 members (excludes halogenated alkanes) is 53. The van der Waals surface area contributed by atoms with Gasteiger partial charge in [0, 0.05) is 12.8 Å². The van der Waals surface area contributed by atoms with Crippen LogP contribution in [0.15, 0.2) is 36.5 Å². The predicted molar refractivity (Wildman–Crippen MR) is 361 cm³/mol. The van der Waals surface area contributed by atoms with Crippen molar-refractivity contribution in [3.8, 4) is 0 Å². The molecule has 0 heterocycles. The van der Waals surface area contributed by atoms with Gasteiger partial charge >= 0.3 is 5.97 Å². The Morgan fingerprint density at radius 3 is 0.951 bits per heavy atom. The SMILES string of the molecule is CCCCCC/C=C\C/C=C\CCCCCCCC(=O)OCCCCCCCCCCCCCC/C=C\CCCCCCCCCCCCCC(=O)NC(CO)C(O)CCCCCCCCCCCCCCCCCCCCCCCC. The second-order valence-corrected chi connectivity index (χ2v) is 25.6. The molecule has 3 N–H and O–H groups in total. The summed E-state index contributed by atoms with van der Waals surface area (Å²) in [6.45, 7) is 4.97. The van der Waals surface area contributed by atoms with Crippen molar-refractivity contribution in [3.63, 3.8) is 0 Å². The maximum Gasteiger partial charge on any atom is 0.305 e. The molecule has 0 aliphatic carbocycles. The number of ether oxygens (including phenoxy) is 1. The second-order valence-electron chi connectivity index (χ2n) is 25.6. The average Bonchev–Trinajstić information content (AvgIpc) is 3.48. The molecular weight excluding hydrogens is 1010 g/mol. The number of allylic oxidation sites excluding steroid dienone is 6. The molecule has 1 amide bonds. The first kappa shape index (κ1) is 80.1. The molecule has 6 nitrogen and oxygen atoms in total. The Morgan fingerprint density at radius 1 is 0.341 bits per heavy atom. The highest BCUT2D eigenvalue weighted by molar-refractivity contribution is 5.76. The summed E-state index contributed by atoms with van der Waals surface area (Å²) in [5.74, 6) is -0.0291. The van der Waals surface area contributed by atoms with E-state index < -0.39 is 12.1 Å². The monoisotopic (exact) mass is 1150 g/mol. The molecule has 2 atom stereocenters. The highest BCUT2D eigenvalue weighted by Gasteiger charge is 2.20. The Kier molecular flexibility index (Phi) is 69.9.